The minimum absolute atomic E-state index is 0.118. The lowest BCUT2D eigenvalue weighted by Crippen LogP contribution is -2.39. The molecule has 1 amide bonds. The number of piperidine rings is 1. The smallest absolute Gasteiger partial charge is 0.223 e. The number of halogens is 1. The van der Waals surface area contributed by atoms with E-state index in [1.807, 2.05) is 22.7 Å². The van der Waals surface area contributed by atoms with Crippen LogP contribution in [0.1, 0.15) is 30.9 Å². The fraction of sp³-hybridized carbons (Fsp3) is 0.500. The van der Waals surface area contributed by atoms with Crippen LogP contribution >= 0.6 is 11.6 Å². The fourth-order valence-corrected chi connectivity index (χ4v) is 3.24. The number of hydrogen-bond acceptors (Lipinski definition) is 4. The molecule has 2 aromatic rings. The van der Waals surface area contributed by atoms with E-state index < -0.39 is 0 Å². The highest BCUT2D eigenvalue weighted by molar-refractivity contribution is 6.18. The Kier molecular flexibility index (Phi) is 4.91. The number of carbonyl (C=O) groups excluding carboxylic acids is 1. The van der Waals surface area contributed by atoms with Gasteiger partial charge in [0.25, 0.3) is 0 Å². The number of rotatable bonds is 4. The summed E-state index contributed by atoms with van der Waals surface area (Å²) in [6.45, 7) is 1.47. The number of aryl methyl sites for hydroxylation is 1. The van der Waals surface area contributed by atoms with Gasteiger partial charge in [0.05, 0.1) is 5.69 Å². The molecule has 122 valence electrons. The maximum Gasteiger partial charge on any atom is 0.223 e. The number of likely N-dealkylation sites (tertiary alicyclic amines) is 1. The molecule has 1 aliphatic rings. The van der Waals surface area contributed by atoms with Crippen LogP contribution in [-0.4, -0.2) is 49.3 Å². The lowest BCUT2D eigenvalue weighted by molar-refractivity contribution is -0.131. The SMILES string of the molecule is Cn1ccnc1-c1nccnc1C1CCCN(C(=O)CCCl)C1. The zero-order chi connectivity index (χ0) is 16.2. The number of nitrogens with zero attached hydrogens (tertiary/aromatic N) is 5. The standard InChI is InChI=1S/C16H20ClN5O/c1-21-10-8-20-16(21)15-14(18-6-7-19-15)12-3-2-9-22(11-12)13(23)4-5-17/h6-8,10,12H,2-5,9,11H2,1H3. The van der Waals surface area contributed by atoms with Crippen molar-refractivity contribution >= 4 is 17.5 Å². The minimum atomic E-state index is 0.118. The molecule has 0 spiro atoms. The molecule has 1 atom stereocenters. The molecular formula is C16H20ClN5O. The van der Waals surface area contributed by atoms with Gasteiger partial charge in [-0.25, -0.2) is 9.97 Å². The van der Waals surface area contributed by atoms with Gasteiger partial charge in [-0.15, -0.1) is 11.6 Å². The molecule has 3 rings (SSSR count). The van der Waals surface area contributed by atoms with Crippen LogP contribution in [0.4, 0.5) is 0 Å². The van der Waals surface area contributed by atoms with Gasteiger partial charge in [-0.3, -0.25) is 9.78 Å². The topological polar surface area (TPSA) is 63.9 Å². The van der Waals surface area contributed by atoms with Gasteiger partial charge in [0, 0.05) is 63.1 Å². The predicted molar refractivity (Wildman–Crippen MR) is 88.1 cm³/mol. The summed E-state index contributed by atoms with van der Waals surface area (Å²) in [5.74, 6) is 1.47. The lowest BCUT2D eigenvalue weighted by Gasteiger charge is -2.33. The number of alkyl halides is 1. The first kappa shape index (κ1) is 15.9. The number of hydrogen-bond donors (Lipinski definition) is 0. The Bertz CT molecular complexity index is 687. The van der Waals surface area contributed by atoms with Gasteiger partial charge in [-0.2, -0.15) is 0 Å². The minimum Gasteiger partial charge on any atom is -0.342 e. The second-order valence-electron chi connectivity index (χ2n) is 5.77. The number of aromatic nitrogens is 4. The molecule has 1 unspecified atom stereocenters. The molecule has 2 aromatic heterocycles. The molecular weight excluding hydrogens is 314 g/mol. The van der Waals surface area contributed by atoms with Crippen LogP contribution in [0, 0.1) is 0 Å². The van der Waals surface area contributed by atoms with Gasteiger partial charge >= 0.3 is 0 Å². The fourth-order valence-electron chi connectivity index (χ4n) is 3.08. The molecule has 6 nitrogen and oxygen atoms in total. The summed E-state index contributed by atoms with van der Waals surface area (Å²) in [5, 5.41) is 0. The van der Waals surface area contributed by atoms with Gasteiger partial charge < -0.3 is 9.47 Å². The molecule has 0 aromatic carbocycles. The molecule has 1 aliphatic heterocycles. The van der Waals surface area contributed by atoms with Crippen molar-refractivity contribution in [2.75, 3.05) is 19.0 Å². The highest BCUT2D eigenvalue weighted by Gasteiger charge is 2.28. The first-order chi connectivity index (χ1) is 11.2. The average molecular weight is 334 g/mol. The van der Waals surface area contributed by atoms with Crippen LogP contribution in [0.5, 0.6) is 0 Å². The quantitative estimate of drug-likeness (QED) is 0.805. The van der Waals surface area contributed by atoms with Crippen molar-refractivity contribution in [3.05, 3.63) is 30.5 Å². The second-order valence-corrected chi connectivity index (χ2v) is 6.15. The van der Waals surface area contributed by atoms with Crippen molar-refractivity contribution in [3.63, 3.8) is 0 Å². The maximum absolute atomic E-state index is 12.1. The average Bonchev–Trinajstić information content (AvgIpc) is 3.01. The van der Waals surface area contributed by atoms with Gasteiger partial charge in [0.2, 0.25) is 5.91 Å². The summed E-state index contributed by atoms with van der Waals surface area (Å²) in [6.07, 6.45) is 9.40. The summed E-state index contributed by atoms with van der Waals surface area (Å²) in [7, 11) is 1.94. The van der Waals surface area contributed by atoms with E-state index >= 15 is 0 Å². The van der Waals surface area contributed by atoms with E-state index in [-0.39, 0.29) is 11.8 Å². The summed E-state index contributed by atoms with van der Waals surface area (Å²) in [5.41, 5.74) is 1.72. The van der Waals surface area contributed by atoms with Gasteiger partial charge in [-0.05, 0) is 12.8 Å². The molecule has 3 heterocycles. The van der Waals surface area contributed by atoms with Crippen molar-refractivity contribution in [1.29, 1.82) is 0 Å². The Hall–Kier alpha value is -1.95. The lowest BCUT2D eigenvalue weighted by atomic mass is 9.92. The Balaban J connectivity index is 1.87. The second kappa shape index (κ2) is 7.08. The van der Waals surface area contributed by atoms with E-state index in [4.69, 9.17) is 11.6 Å². The van der Waals surface area contributed by atoms with Crippen LogP contribution in [-0.2, 0) is 11.8 Å². The molecule has 0 aliphatic carbocycles. The van der Waals surface area contributed by atoms with Crippen molar-refractivity contribution in [3.8, 4) is 11.5 Å². The first-order valence-electron chi connectivity index (χ1n) is 7.83. The van der Waals surface area contributed by atoms with Gasteiger partial charge in [0.1, 0.15) is 5.69 Å². The van der Waals surface area contributed by atoms with Crippen LogP contribution in [0.15, 0.2) is 24.8 Å². The number of carbonyl (C=O) groups is 1. The highest BCUT2D eigenvalue weighted by atomic mass is 35.5. The molecule has 1 fully saturated rings. The third-order valence-electron chi connectivity index (χ3n) is 4.23. The largest absolute Gasteiger partial charge is 0.342 e. The van der Waals surface area contributed by atoms with E-state index in [1.165, 1.54) is 0 Å². The zero-order valence-corrected chi connectivity index (χ0v) is 13.9. The van der Waals surface area contributed by atoms with Crippen LogP contribution in [0.3, 0.4) is 0 Å². The molecule has 23 heavy (non-hydrogen) atoms. The van der Waals surface area contributed by atoms with Gasteiger partial charge in [-0.1, -0.05) is 0 Å². The monoisotopic (exact) mass is 333 g/mol. The summed E-state index contributed by atoms with van der Waals surface area (Å²) < 4.78 is 1.94. The number of amides is 1. The Morgan fingerprint density at radius 2 is 2.13 bits per heavy atom. The molecule has 0 N–H and O–H groups in total. The van der Waals surface area contributed by atoms with Crippen molar-refractivity contribution in [2.24, 2.45) is 7.05 Å². The van der Waals surface area contributed by atoms with Crippen molar-refractivity contribution < 1.29 is 4.79 Å². The van der Waals surface area contributed by atoms with E-state index in [2.05, 4.69) is 15.0 Å². The Morgan fingerprint density at radius 1 is 1.30 bits per heavy atom. The first-order valence-corrected chi connectivity index (χ1v) is 8.36. The maximum atomic E-state index is 12.1. The van der Waals surface area contributed by atoms with E-state index in [0.29, 0.717) is 18.8 Å². The highest BCUT2D eigenvalue weighted by Crippen LogP contribution is 2.31. The third kappa shape index (κ3) is 3.37. The Morgan fingerprint density at radius 3 is 2.87 bits per heavy atom. The molecule has 0 saturated carbocycles. The van der Waals surface area contributed by atoms with E-state index in [1.54, 1.807) is 18.6 Å². The summed E-state index contributed by atoms with van der Waals surface area (Å²) >= 11 is 5.70. The van der Waals surface area contributed by atoms with Crippen LogP contribution in [0.2, 0.25) is 0 Å². The van der Waals surface area contributed by atoms with Crippen molar-refractivity contribution in [2.45, 2.75) is 25.2 Å². The zero-order valence-electron chi connectivity index (χ0n) is 13.2. The molecule has 0 radical (unpaired) electrons. The molecule has 1 saturated heterocycles. The van der Waals surface area contributed by atoms with E-state index in [0.717, 1.165) is 36.6 Å². The van der Waals surface area contributed by atoms with E-state index in [9.17, 15) is 4.79 Å². The van der Waals surface area contributed by atoms with Crippen molar-refractivity contribution in [1.82, 2.24) is 24.4 Å². The van der Waals surface area contributed by atoms with Gasteiger partial charge in [0.15, 0.2) is 5.82 Å². The number of imidazole rings is 1. The molecule has 7 heteroatoms. The third-order valence-corrected chi connectivity index (χ3v) is 4.42. The Labute approximate surface area is 140 Å². The van der Waals surface area contributed by atoms with Crippen LogP contribution < -0.4 is 0 Å². The normalized spacial score (nSPS) is 18.2. The predicted octanol–water partition coefficient (Wildman–Crippen LogP) is 2.21. The summed E-state index contributed by atoms with van der Waals surface area (Å²) in [6, 6.07) is 0. The molecule has 0 bridgehead atoms. The van der Waals surface area contributed by atoms with Crippen LogP contribution in [0.25, 0.3) is 11.5 Å². The summed E-state index contributed by atoms with van der Waals surface area (Å²) in [4.78, 5) is 27.5.